The highest BCUT2D eigenvalue weighted by molar-refractivity contribution is 9.10. The molecule has 5 heteroatoms. The lowest BCUT2D eigenvalue weighted by Gasteiger charge is -2.15. The normalized spacial score (nSPS) is 11.1. The minimum Gasteiger partial charge on any atom is -0.396 e. The first-order valence-corrected chi connectivity index (χ1v) is 7.17. The summed E-state index contributed by atoms with van der Waals surface area (Å²) in [6.45, 7) is 1.55. The van der Waals surface area contributed by atoms with Crippen molar-refractivity contribution in [2.24, 2.45) is 0 Å². The fraction of sp³-hybridized carbons (Fsp3) is 0.231. The van der Waals surface area contributed by atoms with Crippen LogP contribution in [0.4, 0.5) is 10.1 Å². The van der Waals surface area contributed by atoms with E-state index in [1.54, 1.807) is 17.4 Å². The lowest BCUT2D eigenvalue weighted by molar-refractivity contribution is 0.321. The Balaban J connectivity index is 1.98. The van der Waals surface area contributed by atoms with Gasteiger partial charge in [-0.1, -0.05) is 6.07 Å². The van der Waals surface area contributed by atoms with Gasteiger partial charge in [0.2, 0.25) is 0 Å². The summed E-state index contributed by atoms with van der Waals surface area (Å²) in [5.41, 5.74) is 6.58. The molecule has 1 heterocycles. The van der Waals surface area contributed by atoms with Crippen LogP contribution >= 0.6 is 27.3 Å². The fourth-order valence-electron chi connectivity index (χ4n) is 1.74. The maximum atomic E-state index is 13.3. The number of hydrogen-bond acceptors (Lipinski definition) is 3. The number of nitrogen functional groups attached to an aromatic ring is 1. The Morgan fingerprint density at radius 1 is 1.33 bits per heavy atom. The van der Waals surface area contributed by atoms with Gasteiger partial charge in [0.25, 0.3) is 0 Å². The van der Waals surface area contributed by atoms with Crippen molar-refractivity contribution in [2.75, 3.05) is 12.8 Å². The van der Waals surface area contributed by atoms with Crippen LogP contribution in [-0.4, -0.2) is 11.9 Å². The number of thiophene rings is 1. The SMILES string of the molecule is CN(Cc1ccc(N)c(F)c1)Cc1cc(Br)cs1. The molecule has 0 aliphatic carbocycles. The predicted molar refractivity (Wildman–Crippen MR) is 78.0 cm³/mol. The Labute approximate surface area is 118 Å². The zero-order valence-electron chi connectivity index (χ0n) is 9.99. The highest BCUT2D eigenvalue weighted by Gasteiger charge is 2.06. The van der Waals surface area contributed by atoms with Crippen molar-refractivity contribution >= 4 is 33.0 Å². The van der Waals surface area contributed by atoms with Gasteiger partial charge in [-0.2, -0.15) is 0 Å². The number of anilines is 1. The van der Waals surface area contributed by atoms with Crippen LogP contribution in [0.15, 0.2) is 34.1 Å². The summed E-state index contributed by atoms with van der Waals surface area (Å²) in [6.07, 6.45) is 0. The Morgan fingerprint density at radius 2 is 2.11 bits per heavy atom. The van der Waals surface area contributed by atoms with Crippen LogP contribution in [0.1, 0.15) is 10.4 Å². The molecule has 18 heavy (non-hydrogen) atoms. The molecule has 0 radical (unpaired) electrons. The molecule has 2 N–H and O–H groups in total. The van der Waals surface area contributed by atoms with Gasteiger partial charge in [-0.05, 0) is 46.7 Å². The van der Waals surface area contributed by atoms with Crippen LogP contribution < -0.4 is 5.73 Å². The van der Waals surface area contributed by atoms with Gasteiger partial charge in [0.05, 0.1) is 5.69 Å². The van der Waals surface area contributed by atoms with Crippen LogP contribution in [0, 0.1) is 5.82 Å². The molecule has 0 aliphatic rings. The number of halogens is 2. The number of benzene rings is 1. The Kier molecular flexibility index (Phi) is 4.37. The molecular formula is C13H14BrFN2S. The van der Waals surface area contributed by atoms with E-state index < -0.39 is 0 Å². The van der Waals surface area contributed by atoms with Crippen LogP contribution in [0.5, 0.6) is 0 Å². The summed E-state index contributed by atoms with van der Waals surface area (Å²) in [6, 6.07) is 7.07. The van der Waals surface area contributed by atoms with Gasteiger partial charge in [-0.3, -0.25) is 4.90 Å². The third kappa shape index (κ3) is 3.54. The van der Waals surface area contributed by atoms with E-state index >= 15 is 0 Å². The Bertz CT molecular complexity index is 542. The van der Waals surface area contributed by atoms with Gasteiger partial charge in [0.1, 0.15) is 5.82 Å². The maximum Gasteiger partial charge on any atom is 0.146 e. The second-order valence-electron chi connectivity index (χ2n) is 4.26. The van der Waals surface area contributed by atoms with Crippen LogP contribution in [0.2, 0.25) is 0 Å². The molecule has 0 bridgehead atoms. The average Bonchev–Trinajstić information content (AvgIpc) is 2.69. The summed E-state index contributed by atoms with van der Waals surface area (Å²) in [5, 5.41) is 2.06. The molecule has 2 nitrogen and oxygen atoms in total. The quantitative estimate of drug-likeness (QED) is 0.863. The van der Waals surface area contributed by atoms with Crippen molar-refractivity contribution in [3.63, 3.8) is 0 Å². The summed E-state index contributed by atoms with van der Waals surface area (Å²) < 4.78 is 14.4. The maximum absolute atomic E-state index is 13.3. The number of nitrogens with two attached hydrogens (primary N) is 1. The van der Waals surface area contributed by atoms with Gasteiger partial charge in [-0.25, -0.2) is 4.39 Å². The zero-order valence-corrected chi connectivity index (χ0v) is 12.4. The molecule has 0 atom stereocenters. The molecule has 96 valence electrons. The number of hydrogen-bond donors (Lipinski definition) is 1. The number of rotatable bonds is 4. The third-order valence-electron chi connectivity index (χ3n) is 2.56. The Morgan fingerprint density at radius 3 is 2.72 bits per heavy atom. The van der Waals surface area contributed by atoms with Crippen molar-refractivity contribution in [1.29, 1.82) is 0 Å². The van der Waals surface area contributed by atoms with E-state index in [1.807, 2.05) is 13.1 Å². The lowest BCUT2D eigenvalue weighted by Crippen LogP contribution is -2.16. The minimum absolute atomic E-state index is 0.198. The topological polar surface area (TPSA) is 29.3 Å². The molecule has 0 aliphatic heterocycles. The molecule has 0 saturated carbocycles. The molecule has 1 aromatic carbocycles. The summed E-state index contributed by atoms with van der Waals surface area (Å²) in [5.74, 6) is -0.347. The molecule has 0 amide bonds. The van der Waals surface area contributed by atoms with Gasteiger partial charge in [-0.15, -0.1) is 11.3 Å². The standard InChI is InChI=1S/C13H14BrFN2S/c1-17(7-11-5-10(14)8-18-11)6-9-2-3-13(16)12(15)4-9/h2-5,8H,6-7,16H2,1H3. The van der Waals surface area contributed by atoms with Crippen molar-refractivity contribution < 1.29 is 4.39 Å². The molecule has 0 saturated heterocycles. The van der Waals surface area contributed by atoms with Crippen LogP contribution in [-0.2, 0) is 13.1 Å². The highest BCUT2D eigenvalue weighted by atomic mass is 79.9. The fourth-order valence-corrected chi connectivity index (χ4v) is 3.27. The first-order valence-electron chi connectivity index (χ1n) is 5.50. The van der Waals surface area contributed by atoms with E-state index in [2.05, 4.69) is 32.3 Å². The lowest BCUT2D eigenvalue weighted by atomic mass is 10.2. The third-order valence-corrected chi connectivity index (χ3v) is 4.25. The van der Waals surface area contributed by atoms with Crippen LogP contribution in [0.3, 0.4) is 0 Å². The molecular weight excluding hydrogens is 315 g/mol. The van der Waals surface area contributed by atoms with E-state index in [9.17, 15) is 4.39 Å². The van der Waals surface area contributed by atoms with Gasteiger partial charge in [0.15, 0.2) is 0 Å². The first-order chi connectivity index (χ1) is 8.54. The van der Waals surface area contributed by atoms with Gasteiger partial charge >= 0.3 is 0 Å². The summed E-state index contributed by atoms with van der Waals surface area (Å²) in [4.78, 5) is 3.42. The smallest absolute Gasteiger partial charge is 0.146 e. The van der Waals surface area contributed by atoms with Crippen molar-refractivity contribution in [1.82, 2.24) is 4.90 Å². The predicted octanol–water partition coefficient (Wildman–Crippen LogP) is 3.86. The molecule has 2 rings (SSSR count). The van der Waals surface area contributed by atoms with E-state index in [4.69, 9.17) is 5.73 Å². The Hall–Kier alpha value is -0.910. The first kappa shape index (κ1) is 13.5. The van der Waals surface area contributed by atoms with Gasteiger partial charge in [0, 0.05) is 27.8 Å². The van der Waals surface area contributed by atoms with Crippen molar-refractivity contribution in [3.05, 3.63) is 50.4 Å². The summed E-state index contributed by atoms with van der Waals surface area (Å²) >= 11 is 5.15. The van der Waals surface area contributed by atoms with E-state index in [1.165, 1.54) is 10.9 Å². The zero-order chi connectivity index (χ0) is 13.1. The highest BCUT2D eigenvalue weighted by Crippen LogP contribution is 2.21. The van der Waals surface area contributed by atoms with Crippen molar-refractivity contribution in [2.45, 2.75) is 13.1 Å². The molecule has 1 aromatic heterocycles. The molecule has 2 aromatic rings. The monoisotopic (exact) mass is 328 g/mol. The van der Waals surface area contributed by atoms with E-state index in [0.717, 1.165) is 16.6 Å². The largest absolute Gasteiger partial charge is 0.396 e. The molecule has 0 unspecified atom stereocenters. The van der Waals surface area contributed by atoms with Crippen LogP contribution in [0.25, 0.3) is 0 Å². The van der Waals surface area contributed by atoms with Crippen molar-refractivity contribution in [3.8, 4) is 0 Å². The van der Waals surface area contributed by atoms with Gasteiger partial charge < -0.3 is 5.73 Å². The van der Waals surface area contributed by atoms with E-state index in [0.29, 0.717) is 6.54 Å². The second kappa shape index (κ2) is 5.82. The summed E-state index contributed by atoms with van der Waals surface area (Å²) in [7, 11) is 2.02. The second-order valence-corrected chi connectivity index (χ2v) is 6.17. The van der Waals surface area contributed by atoms with E-state index in [-0.39, 0.29) is 11.5 Å². The minimum atomic E-state index is -0.347. The number of nitrogens with zero attached hydrogens (tertiary/aromatic N) is 1. The molecule has 0 fully saturated rings. The average molecular weight is 329 g/mol. The molecule has 0 spiro atoms.